The number of rotatable bonds is 9. The summed E-state index contributed by atoms with van der Waals surface area (Å²) >= 11 is 0. The number of nitrogens with zero attached hydrogens (tertiary/aromatic N) is 3. The fourth-order valence-electron chi connectivity index (χ4n) is 5.59. The van der Waals surface area contributed by atoms with Crippen molar-refractivity contribution in [3.8, 4) is 0 Å². The predicted molar refractivity (Wildman–Crippen MR) is 161 cm³/mol. The first-order valence-corrected chi connectivity index (χ1v) is 13.9. The van der Waals surface area contributed by atoms with Gasteiger partial charge in [-0.25, -0.2) is 24.1 Å². The van der Waals surface area contributed by atoms with E-state index in [0.717, 1.165) is 21.1 Å². The lowest BCUT2D eigenvalue weighted by atomic mass is 9.98. The standard InChI is InChI=1S/C30H26N8O7/c1-13-16-7-8-19(18(16)6-5-17(13)28(43)44)34-26(41)20-10-21(38-29(35-20)36-37-30(38)45)27(42)33-12-15-4-2-3-14(9-15)11-32-23-22(31)24(39)25(23)40/h2-6,9-10,19,32H,7-8,11-12,31H2,1H3,(H,33,42)(H,34,41)(H,37,45)(H,43,44)/t19-/m0/s1. The first-order chi connectivity index (χ1) is 21.5. The van der Waals surface area contributed by atoms with Crippen LogP contribution in [0.3, 0.4) is 0 Å². The molecule has 0 spiro atoms. The second kappa shape index (κ2) is 11.2. The summed E-state index contributed by atoms with van der Waals surface area (Å²) in [4.78, 5) is 77.8. The van der Waals surface area contributed by atoms with Crippen LogP contribution < -0.4 is 38.2 Å². The number of hydrogen-bond acceptors (Lipinski definition) is 10. The van der Waals surface area contributed by atoms with Gasteiger partial charge in [-0.15, -0.1) is 5.10 Å². The van der Waals surface area contributed by atoms with E-state index in [1.165, 1.54) is 12.1 Å². The highest BCUT2D eigenvalue weighted by molar-refractivity contribution is 5.98. The van der Waals surface area contributed by atoms with Crippen LogP contribution in [0.4, 0.5) is 11.4 Å². The average molecular weight is 611 g/mol. The van der Waals surface area contributed by atoms with Gasteiger partial charge in [-0.05, 0) is 59.7 Å². The van der Waals surface area contributed by atoms with Crippen LogP contribution in [-0.4, -0.2) is 42.5 Å². The van der Waals surface area contributed by atoms with Crippen molar-refractivity contribution in [2.24, 2.45) is 0 Å². The summed E-state index contributed by atoms with van der Waals surface area (Å²) in [5.74, 6) is -2.45. The molecule has 0 fully saturated rings. The van der Waals surface area contributed by atoms with Crippen LogP contribution in [0.25, 0.3) is 5.78 Å². The first kappa shape index (κ1) is 29.0. The molecular weight excluding hydrogens is 584 g/mol. The van der Waals surface area contributed by atoms with Gasteiger partial charge in [0.2, 0.25) is 0 Å². The number of anilines is 2. The van der Waals surface area contributed by atoms with Crippen LogP contribution in [0.1, 0.15) is 71.6 Å². The largest absolute Gasteiger partial charge is 0.478 e. The number of fused-ring (bicyclic) bond motifs is 2. The van der Waals surface area contributed by atoms with Crippen molar-refractivity contribution in [1.82, 2.24) is 30.2 Å². The minimum absolute atomic E-state index is 0.0589. The number of aromatic amines is 1. The molecule has 1 atom stereocenters. The molecule has 0 radical (unpaired) electrons. The Hall–Kier alpha value is -6.12. The van der Waals surface area contributed by atoms with Crippen molar-refractivity contribution in [2.45, 2.75) is 38.9 Å². The third-order valence-electron chi connectivity index (χ3n) is 7.94. The van der Waals surface area contributed by atoms with E-state index in [4.69, 9.17) is 5.73 Å². The molecule has 7 N–H and O–H groups in total. The predicted octanol–water partition coefficient (Wildman–Crippen LogP) is 0.562. The second-order valence-electron chi connectivity index (χ2n) is 10.7. The maximum atomic E-state index is 13.3. The Kier molecular flexibility index (Phi) is 7.20. The lowest BCUT2D eigenvalue weighted by Gasteiger charge is -2.16. The number of carbonyl (C=O) groups excluding carboxylic acids is 2. The number of aromatic nitrogens is 4. The van der Waals surface area contributed by atoms with Crippen molar-refractivity contribution >= 4 is 34.9 Å². The molecule has 1 aliphatic rings. The molecule has 228 valence electrons. The van der Waals surface area contributed by atoms with Crippen LogP contribution >= 0.6 is 0 Å². The zero-order valence-corrected chi connectivity index (χ0v) is 23.8. The summed E-state index contributed by atoms with van der Waals surface area (Å²) in [5.41, 5.74) is 7.14. The van der Waals surface area contributed by atoms with E-state index < -0.39 is 40.4 Å². The van der Waals surface area contributed by atoms with E-state index in [9.17, 15) is 33.9 Å². The normalized spacial score (nSPS) is 13.9. The number of carbonyl (C=O) groups is 3. The SMILES string of the molecule is Cc1c(C(=O)O)ccc2c1CC[C@@H]2NC(=O)c1cc(C(=O)NCc2cccc(CNc3c(N)c(=O)c3=O)c2)n2c(=O)[nH]nc2n1. The number of hydrogen-bond donors (Lipinski definition) is 6. The fraction of sp³-hybridized carbons (Fsp3) is 0.200. The molecule has 6 rings (SSSR count). The van der Waals surface area contributed by atoms with Crippen LogP contribution in [0.15, 0.2) is 56.8 Å². The summed E-state index contributed by atoms with van der Waals surface area (Å²) in [6.45, 7) is 2.02. The summed E-state index contributed by atoms with van der Waals surface area (Å²) in [6, 6.07) is 11.1. The highest BCUT2D eigenvalue weighted by Crippen LogP contribution is 2.34. The molecule has 15 heteroatoms. The Morgan fingerprint density at radius 1 is 1.04 bits per heavy atom. The van der Waals surface area contributed by atoms with Crippen LogP contribution in [0.2, 0.25) is 0 Å². The number of benzene rings is 2. The maximum Gasteiger partial charge on any atom is 0.349 e. The molecule has 3 aromatic carbocycles. The smallest absolute Gasteiger partial charge is 0.349 e. The molecule has 0 saturated carbocycles. The molecule has 0 saturated heterocycles. The van der Waals surface area contributed by atoms with Crippen LogP contribution in [0, 0.1) is 6.92 Å². The fourth-order valence-corrected chi connectivity index (χ4v) is 5.59. The summed E-state index contributed by atoms with van der Waals surface area (Å²) in [6.07, 6.45) is 1.14. The monoisotopic (exact) mass is 610 g/mol. The molecule has 5 aromatic rings. The van der Waals surface area contributed by atoms with Gasteiger partial charge in [0, 0.05) is 13.1 Å². The van der Waals surface area contributed by atoms with Crippen molar-refractivity contribution < 1.29 is 19.5 Å². The lowest BCUT2D eigenvalue weighted by molar-refractivity contribution is 0.0695. The second-order valence-corrected chi connectivity index (χ2v) is 10.7. The highest BCUT2D eigenvalue weighted by atomic mass is 16.4. The molecule has 2 heterocycles. The Bertz CT molecular complexity index is 2170. The number of carboxylic acids is 1. The number of aromatic carboxylic acids is 1. The summed E-state index contributed by atoms with van der Waals surface area (Å²) < 4.78 is 0.961. The Balaban J connectivity index is 1.18. The molecular formula is C30H26N8O7. The number of nitrogens with two attached hydrogens (primary N) is 1. The summed E-state index contributed by atoms with van der Waals surface area (Å²) in [7, 11) is 0. The minimum atomic E-state index is -1.02. The number of nitrogens with one attached hydrogen (secondary N) is 4. The Morgan fingerprint density at radius 2 is 1.80 bits per heavy atom. The molecule has 0 bridgehead atoms. The van der Waals surface area contributed by atoms with E-state index >= 15 is 0 Å². The number of amides is 2. The molecule has 15 nitrogen and oxygen atoms in total. The van der Waals surface area contributed by atoms with Gasteiger partial charge in [0.25, 0.3) is 28.4 Å². The van der Waals surface area contributed by atoms with Gasteiger partial charge in [0.15, 0.2) is 0 Å². The maximum absolute atomic E-state index is 13.3. The average Bonchev–Trinajstić information content (AvgIpc) is 3.62. The minimum Gasteiger partial charge on any atom is -0.478 e. The molecule has 0 aliphatic heterocycles. The third kappa shape index (κ3) is 5.20. The van der Waals surface area contributed by atoms with E-state index in [-0.39, 0.29) is 47.2 Å². The van der Waals surface area contributed by atoms with Gasteiger partial charge in [0.05, 0.1) is 11.6 Å². The Morgan fingerprint density at radius 3 is 2.53 bits per heavy atom. The van der Waals surface area contributed by atoms with Gasteiger partial charge >= 0.3 is 11.7 Å². The molecule has 2 amide bonds. The van der Waals surface area contributed by atoms with Gasteiger partial charge in [-0.1, -0.05) is 30.3 Å². The van der Waals surface area contributed by atoms with Crippen molar-refractivity contribution in [1.29, 1.82) is 0 Å². The van der Waals surface area contributed by atoms with Crippen LogP contribution in [-0.2, 0) is 19.5 Å². The molecule has 2 aromatic heterocycles. The van der Waals surface area contributed by atoms with Gasteiger partial charge in [0.1, 0.15) is 22.8 Å². The zero-order chi connectivity index (χ0) is 32.0. The quantitative estimate of drug-likeness (QED) is 0.126. The van der Waals surface area contributed by atoms with Crippen molar-refractivity contribution in [2.75, 3.05) is 11.1 Å². The van der Waals surface area contributed by atoms with Crippen LogP contribution in [0.5, 0.6) is 0 Å². The van der Waals surface area contributed by atoms with E-state index in [1.54, 1.807) is 37.3 Å². The molecule has 45 heavy (non-hydrogen) atoms. The van der Waals surface area contributed by atoms with E-state index in [2.05, 4.69) is 31.1 Å². The van der Waals surface area contributed by atoms with E-state index in [1.807, 2.05) is 0 Å². The Labute approximate surface area is 252 Å². The van der Waals surface area contributed by atoms with Gasteiger partial charge in [-0.3, -0.25) is 19.2 Å². The van der Waals surface area contributed by atoms with Gasteiger partial charge in [-0.2, -0.15) is 0 Å². The third-order valence-corrected chi connectivity index (χ3v) is 7.94. The lowest BCUT2D eigenvalue weighted by Crippen LogP contribution is -2.36. The van der Waals surface area contributed by atoms with Crippen molar-refractivity contribution in [3.63, 3.8) is 0 Å². The number of carboxylic acid groups (broad SMARTS) is 1. The van der Waals surface area contributed by atoms with Crippen molar-refractivity contribution in [3.05, 3.63) is 118 Å². The summed E-state index contributed by atoms with van der Waals surface area (Å²) in [5, 5.41) is 24.0. The number of H-pyrrole nitrogens is 1. The molecule has 1 aliphatic carbocycles. The van der Waals surface area contributed by atoms with Gasteiger partial charge < -0.3 is 26.8 Å². The zero-order valence-electron chi connectivity index (χ0n) is 23.8. The molecule has 0 unspecified atom stereocenters. The number of nitrogen functional groups attached to an aromatic ring is 1. The highest BCUT2D eigenvalue weighted by Gasteiger charge is 2.29. The topological polar surface area (TPSA) is 231 Å². The first-order valence-electron chi connectivity index (χ1n) is 13.9. The van der Waals surface area contributed by atoms with E-state index in [0.29, 0.717) is 24.0 Å².